The van der Waals surface area contributed by atoms with Gasteiger partial charge in [-0.25, -0.2) is 0 Å². The Morgan fingerprint density at radius 2 is 1.47 bits per heavy atom. The summed E-state index contributed by atoms with van der Waals surface area (Å²) in [5.74, 6) is 4.14. The van der Waals surface area contributed by atoms with Crippen molar-refractivity contribution >= 4 is 5.97 Å². The molecule has 0 atom stereocenters. The van der Waals surface area contributed by atoms with Crippen molar-refractivity contribution in [1.29, 1.82) is 0 Å². The molecule has 4 aliphatic rings. The molecule has 0 N–H and O–H groups in total. The zero-order chi connectivity index (χ0) is 13.8. The van der Waals surface area contributed by atoms with Crippen LogP contribution in [0.5, 0.6) is 0 Å². The maximum atomic E-state index is 12.0. The fourth-order valence-corrected chi connectivity index (χ4v) is 5.51. The van der Waals surface area contributed by atoms with E-state index in [0.717, 1.165) is 23.7 Å². The highest BCUT2D eigenvalue weighted by molar-refractivity contribution is 5.72. The minimum atomic E-state index is -0.274. The van der Waals surface area contributed by atoms with Crippen molar-refractivity contribution < 1.29 is 9.53 Å². The van der Waals surface area contributed by atoms with Gasteiger partial charge in [0, 0.05) is 5.92 Å². The first kappa shape index (κ1) is 13.5. The first-order valence-corrected chi connectivity index (χ1v) is 8.09. The van der Waals surface area contributed by atoms with Crippen LogP contribution in [-0.4, -0.2) is 11.6 Å². The second-order valence-electron chi connectivity index (χ2n) is 8.14. The number of hydrogen-bond acceptors (Lipinski definition) is 2. The SMILES string of the molecule is CC(C)C(=O)OC(C)(C)C1C2CC3CC(C2)CC1C3. The van der Waals surface area contributed by atoms with E-state index in [-0.39, 0.29) is 17.5 Å². The maximum absolute atomic E-state index is 12.0. The summed E-state index contributed by atoms with van der Waals surface area (Å²) in [6.45, 7) is 8.16. The minimum absolute atomic E-state index is 0.0175. The van der Waals surface area contributed by atoms with Crippen LogP contribution < -0.4 is 0 Å². The predicted molar refractivity (Wildman–Crippen MR) is 75.5 cm³/mol. The summed E-state index contributed by atoms with van der Waals surface area (Å²) in [5, 5.41) is 0. The van der Waals surface area contributed by atoms with Gasteiger partial charge in [0.2, 0.25) is 0 Å². The molecule has 0 aromatic carbocycles. The Balaban J connectivity index is 1.76. The fraction of sp³-hybridized carbons (Fsp3) is 0.941. The Hall–Kier alpha value is -0.530. The lowest BCUT2D eigenvalue weighted by molar-refractivity contribution is -0.183. The quantitative estimate of drug-likeness (QED) is 0.719. The average Bonchev–Trinajstić information content (AvgIpc) is 2.25. The van der Waals surface area contributed by atoms with E-state index in [2.05, 4.69) is 13.8 Å². The van der Waals surface area contributed by atoms with E-state index in [1.807, 2.05) is 13.8 Å². The smallest absolute Gasteiger partial charge is 0.308 e. The van der Waals surface area contributed by atoms with E-state index in [1.54, 1.807) is 0 Å². The fourth-order valence-electron chi connectivity index (χ4n) is 5.51. The van der Waals surface area contributed by atoms with Gasteiger partial charge in [-0.3, -0.25) is 4.79 Å². The molecule has 19 heavy (non-hydrogen) atoms. The lowest BCUT2D eigenvalue weighted by Crippen LogP contribution is -2.54. The number of carbonyl (C=O) groups excluding carboxylic acids is 1. The largest absolute Gasteiger partial charge is 0.459 e. The molecule has 4 aliphatic carbocycles. The summed E-state index contributed by atoms with van der Waals surface area (Å²) in [6, 6.07) is 0. The first-order valence-electron chi connectivity index (χ1n) is 8.09. The van der Waals surface area contributed by atoms with Crippen LogP contribution in [0.25, 0.3) is 0 Å². The van der Waals surface area contributed by atoms with E-state index >= 15 is 0 Å². The molecule has 4 saturated carbocycles. The molecule has 0 heterocycles. The predicted octanol–water partition coefficient (Wildman–Crippen LogP) is 4.04. The van der Waals surface area contributed by atoms with Gasteiger partial charge in [-0.2, -0.15) is 0 Å². The number of esters is 1. The summed E-state index contributed by atoms with van der Waals surface area (Å²) < 4.78 is 5.89. The Morgan fingerprint density at radius 3 is 1.89 bits per heavy atom. The molecule has 4 fully saturated rings. The summed E-state index contributed by atoms with van der Waals surface area (Å²) in [6.07, 6.45) is 7.03. The number of rotatable bonds is 3. The van der Waals surface area contributed by atoms with Crippen molar-refractivity contribution in [2.75, 3.05) is 0 Å². The third-order valence-electron chi connectivity index (χ3n) is 5.86. The Bertz CT molecular complexity index is 341. The van der Waals surface area contributed by atoms with Gasteiger partial charge >= 0.3 is 5.97 Å². The highest BCUT2D eigenvalue weighted by atomic mass is 16.6. The minimum Gasteiger partial charge on any atom is -0.459 e. The van der Waals surface area contributed by atoms with Gasteiger partial charge < -0.3 is 4.74 Å². The zero-order valence-electron chi connectivity index (χ0n) is 12.8. The monoisotopic (exact) mass is 264 g/mol. The summed E-state index contributed by atoms with van der Waals surface area (Å²) in [5.41, 5.74) is -0.274. The van der Waals surface area contributed by atoms with Crippen LogP contribution in [-0.2, 0) is 9.53 Å². The van der Waals surface area contributed by atoms with Gasteiger partial charge in [0.25, 0.3) is 0 Å². The first-order chi connectivity index (χ1) is 8.87. The number of carbonyl (C=O) groups is 1. The highest BCUT2D eigenvalue weighted by Crippen LogP contribution is 2.59. The molecule has 0 aliphatic heterocycles. The lowest BCUT2D eigenvalue weighted by atomic mass is 9.49. The zero-order valence-corrected chi connectivity index (χ0v) is 12.8. The molecular weight excluding hydrogens is 236 g/mol. The third-order valence-corrected chi connectivity index (χ3v) is 5.86. The molecule has 108 valence electrons. The summed E-state index contributed by atoms with van der Waals surface area (Å²) in [4.78, 5) is 12.0. The molecule has 0 spiro atoms. The normalized spacial score (nSPS) is 40.8. The van der Waals surface area contributed by atoms with Crippen molar-refractivity contribution in [3.8, 4) is 0 Å². The van der Waals surface area contributed by atoms with Crippen LogP contribution in [0.15, 0.2) is 0 Å². The van der Waals surface area contributed by atoms with Gasteiger partial charge in [0.05, 0.1) is 5.92 Å². The molecule has 2 nitrogen and oxygen atoms in total. The molecule has 0 saturated heterocycles. The molecule has 0 radical (unpaired) electrons. The van der Waals surface area contributed by atoms with Crippen LogP contribution >= 0.6 is 0 Å². The topological polar surface area (TPSA) is 26.3 Å². The Labute approximate surface area is 117 Å². The number of hydrogen-bond donors (Lipinski definition) is 0. The molecule has 4 rings (SSSR count). The van der Waals surface area contributed by atoms with Crippen LogP contribution in [0.2, 0.25) is 0 Å². The van der Waals surface area contributed by atoms with Crippen LogP contribution in [0.3, 0.4) is 0 Å². The van der Waals surface area contributed by atoms with Crippen molar-refractivity contribution in [2.24, 2.45) is 35.5 Å². The van der Waals surface area contributed by atoms with Crippen molar-refractivity contribution in [2.45, 2.75) is 65.4 Å². The lowest BCUT2D eigenvalue weighted by Gasteiger charge is -2.58. The maximum Gasteiger partial charge on any atom is 0.308 e. The van der Waals surface area contributed by atoms with Gasteiger partial charge in [-0.15, -0.1) is 0 Å². The second kappa shape index (κ2) is 4.49. The number of ether oxygens (including phenoxy) is 1. The van der Waals surface area contributed by atoms with Crippen molar-refractivity contribution in [3.63, 3.8) is 0 Å². The van der Waals surface area contributed by atoms with Crippen LogP contribution in [0.4, 0.5) is 0 Å². The molecule has 0 unspecified atom stereocenters. The van der Waals surface area contributed by atoms with E-state index in [4.69, 9.17) is 4.74 Å². The molecule has 4 bridgehead atoms. The summed E-state index contributed by atoms with van der Waals surface area (Å²) >= 11 is 0. The van der Waals surface area contributed by atoms with E-state index in [9.17, 15) is 4.79 Å². The van der Waals surface area contributed by atoms with E-state index in [0.29, 0.717) is 5.92 Å². The van der Waals surface area contributed by atoms with Crippen molar-refractivity contribution in [3.05, 3.63) is 0 Å². The van der Waals surface area contributed by atoms with Crippen LogP contribution in [0.1, 0.15) is 59.8 Å². The third kappa shape index (κ3) is 2.32. The van der Waals surface area contributed by atoms with E-state index in [1.165, 1.54) is 32.1 Å². The second-order valence-corrected chi connectivity index (χ2v) is 8.14. The van der Waals surface area contributed by atoms with Gasteiger partial charge in [0.1, 0.15) is 5.60 Å². The van der Waals surface area contributed by atoms with Gasteiger partial charge in [0.15, 0.2) is 0 Å². The Kier molecular flexibility index (Phi) is 3.18. The Morgan fingerprint density at radius 1 is 1.00 bits per heavy atom. The van der Waals surface area contributed by atoms with Crippen molar-refractivity contribution in [1.82, 2.24) is 0 Å². The summed E-state index contributed by atoms with van der Waals surface area (Å²) in [7, 11) is 0. The van der Waals surface area contributed by atoms with Gasteiger partial charge in [-0.1, -0.05) is 13.8 Å². The highest BCUT2D eigenvalue weighted by Gasteiger charge is 2.54. The van der Waals surface area contributed by atoms with E-state index < -0.39 is 0 Å². The average molecular weight is 264 g/mol. The molecule has 0 aromatic heterocycles. The molecule has 0 aromatic rings. The molecular formula is C17H28O2. The molecule has 0 amide bonds. The van der Waals surface area contributed by atoms with Gasteiger partial charge in [-0.05, 0) is 69.6 Å². The van der Waals surface area contributed by atoms with Crippen LogP contribution in [0, 0.1) is 35.5 Å². The molecule has 2 heteroatoms. The standard InChI is InChI=1S/C17H28O2/c1-10(2)16(18)19-17(3,4)15-13-6-11-5-12(8-13)9-14(15)7-11/h10-15H,5-9H2,1-4H3.